The molecule has 2 aliphatic heterocycles. The minimum atomic E-state index is -1.38. The van der Waals surface area contributed by atoms with Gasteiger partial charge >= 0.3 is 18.0 Å². The molecule has 0 radical (unpaired) electrons. The summed E-state index contributed by atoms with van der Waals surface area (Å²) in [5.41, 5.74) is -0.724. The molecule has 0 unspecified atom stereocenters. The molecule has 0 bridgehead atoms. The predicted molar refractivity (Wildman–Crippen MR) is 112 cm³/mol. The Morgan fingerprint density at radius 2 is 1.62 bits per heavy atom. The number of carboxylic acid groups (broad SMARTS) is 2. The molecule has 2 heterocycles. The van der Waals surface area contributed by atoms with Gasteiger partial charge in [-0.05, 0) is 46.0 Å². The van der Waals surface area contributed by atoms with E-state index in [2.05, 4.69) is 5.32 Å². The third-order valence-electron chi connectivity index (χ3n) is 5.35. The molecule has 0 aliphatic carbocycles. The van der Waals surface area contributed by atoms with E-state index in [0.717, 1.165) is 4.90 Å². The third kappa shape index (κ3) is 6.33. The van der Waals surface area contributed by atoms with E-state index in [1.165, 1.54) is 4.90 Å². The lowest BCUT2D eigenvalue weighted by Crippen LogP contribution is -2.53. The van der Waals surface area contributed by atoms with Gasteiger partial charge in [0.25, 0.3) is 0 Å². The Kier molecular flexibility index (Phi) is 7.74. The van der Waals surface area contributed by atoms with Gasteiger partial charge in [0, 0.05) is 13.1 Å². The number of aliphatic carboxylic acids is 2. The molecule has 3 amide bonds. The second kappa shape index (κ2) is 9.74. The van der Waals surface area contributed by atoms with Gasteiger partial charge in [-0.2, -0.15) is 0 Å². The van der Waals surface area contributed by atoms with Crippen LogP contribution in [-0.2, 0) is 23.9 Å². The van der Waals surface area contributed by atoms with Crippen LogP contribution in [0.4, 0.5) is 4.79 Å². The number of alkyl carbamates (subject to hydrolysis) is 1. The highest BCUT2D eigenvalue weighted by atomic mass is 16.6. The average Bonchev–Trinajstić information content (AvgIpc) is 3.41. The van der Waals surface area contributed by atoms with Gasteiger partial charge in [-0.1, -0.05) is 13.8 Å². The Morgan fingerprint density at radius 3 is 2.09 bits per heavy atom. The average molecular weight is 456 g/mol. The van der Waals surface area contributed by atoms with Crippen molar-refractivity contribution in [3.63, 3.8) is 0 Å². The number of hydrogen-bond acceptors (Lipinski definition) is 6. The van der Waals surface area contributed by atoms with Crippen LogP contribution in [0.5, 0.6) is 0 Å². The van der Waals surface area contributed by atoms with Crippen LogP contribution in [0.25, 0.3) is 0 Å². The maximum atomic E-state index is 13.2. The summed E-state index contributed by atoms with van der Waals surface area (Å²) in [5, 5.41) is 21.0. The van der Waals surface area contributed by atoms with Crippen LogP contribution in [0.2, 0.25) is 0 Å². The number of carboxylic acids is 2. The molecular weight excluding hydrogens is 422 g/mol. The number of rotatable bonds is 7. The molecule has 4 atom stereocenters. The van der Waals surface area contributed by atoms with Crippen LogP contribution in [0.3, 0.4) is 0 Å². The number of piperidine rings is 1. The lowest BCUT2D eigenvalue weighted by atomic mass is 9.95. The van der Waals surface area contributed by atoms with Crippen LogP contribution >= 0.6 is 0 Å². The van der Waals surface area contributed by atoms with Crippen molar-refractivity contribution >= 4 is 29.8 Å². The van der Waals surface area contributed by atoms with E-state index in [1.54, 1.807) is 20.8 Å². The van der Waals surface area contributed by atoms with Crippen molar-refractivity contribution < 1.29 is 38.9 Å². The Bertz CT molecular complexity index is 755. The third-order valence-corrected chi connectivity index (χ3v) is 5.35. The fourth-order valence-electron chi connectivity index (χ4n) is 3.97. The highest BCUT2D eigenvalue weighted by Crippen LogP contribution is 2.33. The molecule has 2 rings (SSSR count). The standard InChI is InChI=1S/C21H33N3O8/c1-11(2)9-13(22-20(31)32-21(3,4)5)17(26)23-8-6-7-12(10-23)16(25)24-14(18(27)28)15(24)19(29)30/h11-15H,6-10H2,1-5H3,(H,22,31)(H,27,28)(H,29,30)/t12-,13-,14-,15-/m0/s1. The van der Waals surface area contributed by atoms with Crippen molar-refractivity contribution in [2.45, 2.75) is 77.6 Å². The molecule has 2 fully saturated rings. The van der Waals surface area contributed by atoms with E-state index >= 15 is 0 Å². The summed E-state index contributed by atoms with van der Waals surface area (Å²) in [6, 6.07) is -3.60. The number of hydrogen-bond donors (Lipinski definition) is 3. The lowest BCUT2D eigenvalue weighted by molar-refractivity contribution is -0.144. The van der Waals surface area contributed by atoms with Crippen molar-refractivity contribution in [3.8, 4) is 0 Å². The molecule has 180 valence electrons. The second-order valence-corrected chi connectivity index (χ2v) is 9.76. The molecule has 0 aromatic rings. The SMILES string of the molecule is CC(C)C[C@H](NC(=O)OC(C)(C)C)C(=O)N1CCC[C@H](C(=O)N2[C@H](C(=O)O)[C@H]2C(=O)O)C1. The molecule has 0 aromatic carbocycles. The van der Waals surface area contributed by atoms with Crippen molar-refractivity contribution in [2.24, 2.45) is 11.8 Å². The predicted octanol–water partition coefficient (Wildman–Crippen LogP) is 0.913. The summed E-state index contributed by atoms with van der Waals surface area (Å²) < 4.78 is 5.26. The lowest BCUT2D eigenvalue weighted by Gasteiger charge is -2.35. The van der Waals surface area contributed by atoms with Crippen molar-refractivity contribution in [3.05, 3.63) is 0 Å². The monoisotopic (exact) mass is 455 g/mol. The molecule has 2 saturated heterocycles. The number of nitrogens with zero attached hydrogens (tertiary/aromatic N) is 2. The number of amides is 3. The van der Waals surface area contributed by atoms with Crippen LogP contribution in [-0.4, -0.2) is 86.7 Å². The fourth-order valence-corrected chi connectivity index (χ4v) is 3.97. The summed E-state index contributed by atoms with van der Waals surface area (Å²) in [4.78, 5) is 63.1. The number of carbonyl (C=O) groups is 5. The van der Waals surface area contributed by atoms with Crippen molar-refractivity contribution in [1.29, 1.82) is 0 Å². The molecule has 0 aromatic heterocycles. The van der Waals surface area contributed by atoms with Crippen LogP contribution in [0.1, 0.15) is 53.9 Å². The Morgan fingerprint density at radius 1 is 1.06 bits per heavy atom. The Balaban J connectivity index is 2.08. The zero-order chi connectivity index (χ0) is 24.4. The normalized spacial score (nSPS) is 24.0. The van der Waals surface area contributed by atoms with Gasteiger partial charge < -0.3 is 30.1 Å². The molecule has 11 nitrogen and oxygen atoms in total. The second-order valence-electron chi connectivity index (χ2n) is 9.76. The highest BCUT2D eigenvalue weighted by Gasteiger charge is 2.61. The zero-order valence-corrected chi connectivity index (χ0v) is 19.2. The van der Waals surface area contributed by atoms with Gasteiger partial charge in [-0.15, -0.1) is 0 Å². The highest BCUT2D eigenvalue weighted by molar-refractivity contribution is 6.00. The van der Waals surface area contributed by atoms with Gasteiger partial charge in [0.05, 0.1) is 5.92 Å². The quantitative estimate of drug-likeness (QED) is 0.479. The van der Waals surface area contributed by atoms with Gasteiger partial charge in [0.15, 0.2) is 12.1 Å². The van der Waals surface area contributed by atoms with Crippen LogP contribution in [0.15, 0.2) is 0 Å². The number of nitrogens with one attached hydrogen (secondary N) is 1. The maximum absolute atomic E-state index is 13.2. The number of carbonyl (C=O) groups excluding carboxylic acids is 3. The first-order chi connectivity index (χ1) is 14.7. The van der Waals surface area contributed by atoms with Crippen LogP contribution < -0.4 is 5.32 Å². The summed E-state index contributed by atoms with van der Waals surface area (Å²) in [7, 11) is 0. The first-order valence-corrected chi connectivity index (χ1v) is 10.8. The van der Waals surface area contributed by atoms with E-state index in [-0.39, 0.29) is 18.4 Å². The molecule has 32 heavy (non-hydrogen) atoms. The summed E-state index contributed by atoms with van der Waals surface area (Å²) in [6.45, 7) is 9.41. The molecular formula is C21H33N3O8. The molecule has 0 spiro atoms. The summed E-state index contributed by atoms with van der Waals surface area (Å²) in [6.07, 6.45) is 0.596. The van der Waals surface area contributed by atoms with Crippen molar-refractivity contribution in [1.82, 2.24) is 15.1 Å². The fraction of sp³-hybridized carbons (Fsp3) is 0.762. The molecule has 2 aliphatic rings. The van der Waals surface area contributed by atoms with Gasteiger partial charge in [-0.3, -0.25) is 9.59 Å². The maximum Gasteiger partial charge on any atom is 0.408 e. The topological polar surface area (TPSA) is 153 Å². The van der Waals surface area contributed by atoms with E-state index in [0.29, 0.717) is 25.8 Å². The van der Waals surface area contributed by atoms with Gasteiger partial charge in [-0.25, -0.2) is 14.4 Å². The first kappa shape index (κ1) is 25.4. The first-order valence-electron chi connectivity index (χ1n) is 10.8. The van der Waals surface area contributed by atoms with Gasteiger partial charge in [0.1, 0.15) is 11.6 Å². The van der Waals surface area contributed by atoms with E-state index < -0.39 is 53.6 Å². The van der Waals surface area contributed by atoms with Crippen molar-refractivity contribution in [2.75, 3.05) is 13.1 Å². The van der Waals surface area contributed by atoms with E-state index in [9.17, 15) is 34.2 Å². The Hall–Kier alpha value is -2.85. The molecule has 3 N–H and O–H groups in total. The number of ether oxygens (including phenoxy) is 1. The summed E-state index contributed by atoms with van der Waals surface area (Å²) >= 11 is 0. The van der Waals surface area contributed by atoms with E-state index in [4.69, 9.17) is 4.74 Å². The minimum Gasteiger partial charge on any atom is -0.480 e. The van der Waals surface area contributed by atoms with Crippen LogP contribution in [0, 0.1) is 11.8 Å². The minimum absolute atomic E-state index is 0.0391. The van der Waals surface area contributed by atoms with Gasteiger partial charge in [0.2, 0.25) is 11.8 Å². The molecule has 0 saturated carbocycles. The van der Waals surface area contributed by atoms with E-state index in [1.807, 2.05) is 13.8 Å². The number of likely N-dealkylation sites (tertiary alicyclic amines) is 1. The largest absolute Gasteiger partial charge is 0.480 e. The zero-order valence-electron chi connectivity index (χ0n) is 19.2. The smallest absolute Gasteiger partial charge is 0.408 e. The summed E-state index contributed by atoms with van der Waals surface area (Å²) in [5.74, 6) is -4.26. The molecule has 11 heteroatoms. The Labute approximate surface area is 187 Å².